The Morgan fingerprint density at radius 3 is 2.69 bits per heavy atom. The van der Waals surface area contributed by atoms with Crippen LogP contribution in [0, 0.1) is 25.2 Å². The third kappa shape index (κ3) is 4.86. The summed E-state index contributed by atoms with van der Waals surface area (Å²) in [6.07, 6.45) is 4.45. The molecule has 1 N–H and O–H groups in total. The van der Waals surface area contributed by atoms with Crippen molar-refractivity contribution in [2.75, 3.05) is 5.32 Å². The number of ether oxygens (including phenoxy) is 1. The number of anilines is 1. The predicted molar refractivity (Wildman–Crippen MR) is 113 cm³/mol. The predicted octanol–water partition coefficient (Wildman–Crippen LogP) is 5.20. The Balaban J connectivity index is 1.58. The first-order valence-corrected chi connectivity index (χ1v) is 10.1. The largest absolute Gasteiger partial charge is 0.442 e. The molecule has 1 amide bonds. The summed E-state index contributed by atoms with van der Waals surface area (Å²) in [5.41, 5.74) is 5.15. The summed E-state index contributed by atoms with van der Waals surface area (Å²) in [5.74, 6) is 0.613. The minimum absolute atomic E-state index is 0.161. The van der Waals surface area contributed by atoms with E-state index in [1.807, 2.05) is 48.9 Å². The Morgan fingerprint density at radius 2 is 2.03 bits per heavy atom. The van der Waals surface area contributed by atoms with Gasteiger partial charge in [0, 0.05) is 22.9 Å². The molecule has 152 valence electrons. The van der Waals surface area contributed by atoms with Gasteiger partial charge in [-0.05, 0) is 50.0 Å². The van der Waals surface area contributed by atoms with Crippen molar-refractivity contribution in [3.63, 3.8) is 0 Å². The number of benzene rings is 1. The summed E-state index contributed by atoms with van der Waals surface area (Å²) in [6.45, 7) is 8.88. The second-order valence-corrected chi connectivity index (χ2v) is 7.79. The number of aryl methyl sites for hydroxylation is 2. The highest BCUT2D eigenvalue weighted by atomic mass is 16.6. The molecule has 1 aliphatic rings. The Kier molecular flexibility index (Phi) is 6.38. The van der Waals surface area contributed by atoms with Crippen molar-refractivity contribution in [1.82, 2.24) is 9.78 Å². The van der Waals surface area contributed by atoms with E-state index in [0.29, 0.717) is 25.3 Å². The lowest BCUT2D eigenvalue weighted by atomic mass is 9.96. The molecule has 0 spiro atoms. The fourth-order valence-electron chi connectivity index (χ4n) is 3.82. The lowest BCUT2D eigenvalue weighted by Gasteiger charge is -2.15. The molecule has 2 atom stereocenters. The second kappa shape index (κ2) is 8.95. The Hall–Kier alpha value is -3.07. The molecule has 0 saturated carbocycles. The molecule has 3 rings (SSSR count). The van der Waals surface area contributed by atoms with Crippen LogP contribution in [0.5, 0.6) is 0 Å². The third-order valence-corrected chi connectivity index (χ3v) is 5.37. The highest BCUT2D eigenvalue weighted by molar-refractivity contribution is 5.84. The lowest BCUT2D eigenvalue weighted by molar-refractivity contribution is 0.132. The van der Waals surface area contributed by atoms with E-state index in [4.69, 9.17) is 10.00 Å². The summed E-state index contributed by atoms with van der Waals surface area (Å²) in [7, 11) is 0. The molecule has 0 unspecified atom stereocenters. The Bertz CT molecular complexity index is 935. The molecule has 6 heteroatoms. The summed E-state index contributed by atoms with van der Waals surface area (Å²) >= 11 is 0. The topological polar surface area (TPSA) is 79.9 Å². The number of nitrogens with one attached hydrogen (secondary N) is 1. The molecule has 6 nitrogen and oxygen atoms in total. The molecule has 0 radical (unpaired) electrons. The summed E-state index contributed by atoms with van der Waals surface area (Å²) in [4.78, 5) is 12.3. The Labute approximate surface area is 172 Å². The SMILES string of the molecule is Cc1nn(CCC#N)c(C)c1[C@@H]1C=C[C@@H](OC(=O)Nc2ccc(C(C)C)cc2)C1. The van der Waals surface area contributed by atoms with Gasteiger partial charge in [0.2, 0.25) is 0 Å². The lowest BCUT2D eigenvalue weighted by Crippen LogP contribution is -2.20. The van der Waals surface area contributed by atoms with Crippen LogP contribution in [0.3, 0.4) is 0 Å². The molecule has 1 aromatic heterocycles. The molecule has 0 aliphatic heterocycles. The van der Waals surface area contributed by atoms with Crippen molar-refractivity contribution in [1.29, 1.82) is 5.26 Å². The van der Waals surface area contributed by atoms with Gasteiger partial charge in [-0.2, -0.15) is 10.4 Å². The van der Waals surface area contributed by atoms with Crippen LogP contribution in [0.15, 0.2) is 36.4 Å². The number of allylic oxidation sites excluding steroid dienone is 1. The summed E-state index contributed by atoms with van der Waals surface area (Å²) in [6, 6.07) is 9.98. The first-order valence-electron chi connectivity index (χ1n) is 10.1. The fourth-order valence-corrected chi connectivity index (χ4v) is 3.82. The smallest absolute Gasteiger partial charge is 0.412 e. The van der Waals surface area contributed by atoms with Crippen molar-refractivity contribution in [2.24, 2.45) is 0 Å². The minimum Gasteiger partial charge on any atom is -0.442 e. The maximum Gasteiger partial charge on any atom is 0.412 e. The number of nitrogens with zero attached hydrogens (tertiary/aromatic N) is 3. The van der Waals surface area contributed by atoms with Gasteiger partial charge in [-0.15, -0.1) is 0 Å². The van der Waals surface area contributed by atoms with Gasteiger partial charge in [-0.25, -0.2) is 4.79 Å². The van der Waals surface area contributed by atoms with Crippen molar-refractivity contribution in [3.05, 3.63) is 58.9 Å². The van der Waals surface area contributed by atoms with Gasteiger partial charge in [0.05, 0.1) is 24.7 Å². The van der Waals surface area contributed by atoms with Crippen LogP contribution in [-0.2, 0) is 11.3 Å². The number of rotatable bonds is 6. The van der Waals surface area contributed by atoms with Gasteiger partial charge in [0.1, 0.15) is 6.10 Å². The number of carbonyl (C=O) groups excluding carboxylic acids is 1. The van der Waals surface area contributed by atoms with Crippen LogP contribution >= 0.6 is 0 Å². The zero-order valence-corrected chi connectivity index (χ0v) is 17.5. The molecule has 29 heavy (non-hydrogen) atoms. The van der Waals surface area contributed by atoms with Gasteiger partial charge >= 0.3 is 6.09 Å². The quantitative estimate of drug-likeness (QED) is 0.685. The number of nitriles is 1. The number of amides is 1. The van der Waals surface area contributed by atoms with E-state index in [1.54, 1.807) is 0 Å². The molecule has 2 aromatic rings. The maximum absolute atomic E-state index is 12.3. The minimum atomic E-state index is -0.448. The molecule has 0 bridgehead atoms. The van der Waals surface area contributed by atoms with Crippen molar-refractivity contribution in [3.8, 4) is 6.07 Å². The van der Waals surface area contributed by atoms with E-state index in [0.717, 1.165) is 22.6 Å². The fraction of sp³-hybridized carbons (Fsp3) is 0.435. The molecule has 0 fully saturated rings. The average molecular weight is 393 g/mol. The van der Waals surface area contributed by atoms with Crippen LogP contribution in [-0.4, -0.2) is 22.0 Å². The van der Waals surface area contributed by atoms with E-state index in [-0.39, 0.29) is 12.0 Å². The van der Waals surface area contributed by atoms with E-state index < -0.39 is 6.09 Å². The maximum atomic E-state index is 12.3. The standard InChI is InChI=1S/C23H28N4O2/c1-15(2)18-6-9-20(10-7-18)25-23(28)29-21-11-8-19(14-21)22-16(3)26-27(17(22)4)13-5-12-24/h6-11,15,19,21H,5,13-14H2,1-4H3,(H,25,28)/t19-,21-/m1/s1. The molecular formula is C23H28N4O2. The summed E-state index contributed by atoms with van der Waals surface area (Å²) in [5, 5.41) is 16.2. The number of aromatic nitrogens is 2. The zero-order chi connectivity index (χ0) is 21.0. The number of carbonyl (C=O) groups is 1. The van der Waals surface area contributed by atoms with Gasteiger partial charge in [0.15, 0.2) is 0 Å². The number of hydrogen-bond donors (Lipinski definition) is 1. The van der Waals surface area contributed by atoms with Crippen LogP contribution in [0.2, 0.25) is 0 Å². The Morgan fingerprint density at radius 1 is 1.31 bits per heavy atom. The highest BCUT2D eigenvalue weighted by Gasteiger charge is 2.27. The number of hydrogen-bond acceptors (Lipinski definition) is 4. The van der Waals surface area contributed by atoms with Crippen LogP contribution in [0.1, 0.15) is 61.0 Å². The van der Waals surface area contributed by atoms with E-state index in [9.17, 15) is 4.79 Å². The summed E-state index contributed by atoms with van der Waals surface area (Å²) < 4.78 is 7.48. The van der Waals surface area contributed by atoms with Crippen LogP contribution in [0.25, 0.3) is 0 Å². The third-order valence-electron chi connectivity index (χ3n) is 5.37. The van der Waals surface area contributed by atoms with Gasteiger partial charge < -0.3 is 4.74 Å². The molecule has 0 saturated heterocycles. The highest BCUT2D eigenvalue weighted by Crippen LogP contribution is 2.34. The van der Waals surface area contributed by atoms with Crippen LogP contribution in [0.4, 0.5) is 10.5 Å². The first-order chi connectivity index (χ1) is 13.9. The van der Waals surface area contributed by atoms with Gasteiger partial charge in [-0.3, -0.25) is 10.00 Å². The monoisotopic (exact) mass is 392 g/mol. The molecule has 1 aromatic carbocycles. The van der Waals surface area contributed by atoms with Crippen molar-refractivity contribution in [2.45, 2.75) is 65.0 Å². The van der Waals surface area contributed by atoms with Gasteiger partial charge in [0.25, 0.3) is 0 Å². The first kappa shape index (κ1) is 20.7. The molecule has 1 aliphatic carbocycles. The van der Waals surface area contributed by atoms with Crippen LogP contribution < -0.4 is 5.32 Å². The van der Waals surface area contributed by atoms with E-state index in [1.165, 1.54) is 5.56 Å². The van der Waals surface area contributed by atoms with Crippen molar-refractivity contribution >= 4 is 11.8 Å². The van der Waals surface area contributed by atoms with Gasteiger partial charge in [-0.1, -0.05) is 32.1 Å². The van der Waals surface area contributed by atoms with Crippen molar-refractivity contribution < 1.29 is 9.53 Å². The normalized spacial score (nSPS) is 18.1. The van der Waals surface area contributed by atoms with E-state index in [2.05, 4.69) is 36.4 Å². The van der Waals surface area contributed by atoms with E-state index >= 15 is 0 Å². The molecular weight excluding hydrogens is 364 g/mol. The molecule has 1 heterocycles. The second-order valence-electron chi connectivity index (χ2n) is 7.79. The zero-order valence-electron chi connectivity index (χ0n) is 17.5. The average Bonchev–Trinajstić information content (AvgIpc) is 3.23.